The first kappa shape index (κ1) is 17.3. The summed E-state index contributed by atoms with van der Waals surface area (Å²) in [4.78, 5) is 4.17. The molecule has 5 nitrogen and oxygen atoms in total. The van der Waals surface area contributed by atoms with E-state index in [-0.39, 0.29) is 6.10 Å². The third kappa shape index (κ3) is 4.98. The fourth-order valence-electron chi connectivity index (χ4n) is 2.56. The maximum absolute atomic E-state index is 5.62. The summed E-state index contributed by atoms with van der Waals surface area (Å²) in [5, 5.41) is 10.7. The van der Waals surface area contributed by atoms with E-state index in [4.69, 9.17) is 4.74 Å². The van der Waals surface area contributed by atoms with Gasteiger partial charge < -0.3 is 10.1 Å². The fourth-order valence-corrected chi connectivity index (χ4v) is 2.56. The van der Waals surface area contributed by atoms with E-state index in [1.165, 1.54) is 11.1 Å². The number of nitrogens with one attached hydrogen (secondary N) is 2. The van der Waals surface area contributed by atoms with E-state index in [2.05, 4.69) is 44.8 Å². The maximum atomic E-state index is 5.62. The Morgan fingerprint density at radius 1 is 1.04 bits per heavy atom. The largest absolute Gasteiger partial charge is 0.374 e. The molecule has 0 amide bonds. The van der Waals surface area contributed by atoms with Crippen molar-refractivity contribution in [2.75, 3.05) is 0 Å². The number of benzene rings is 1. The number of aromatic amines is 1. The van der Waals surface area contributed by atoms with Crippen LogP contribution < -0.4 is 5.32 Å². The fraction of sp³-hybridized carbons (Fsp3) is 0.300. The monoisotopic (exact) mass is 336 g/mol. The second-order valence-corrected chi connectivity index (χ2v) is 6.29. The van der Waals surface area contributed by atoms with Gasteiger partial charge in [-0.1, -0.05) is 24.3 Å². The Labute approximate surface area is 148 Å². The molecule has 2 heterocycles. The predicted octanol–water partition coefficient (Wildman–Crippen LogP) is 3.69. The van der Waals surface area contributed by atoms with Crippen molar-refractivity contribution >= 4 is 0 Å². The van der Waals surface area contributed by atoms with Crippen molar-refractivity contribution in [2.45, 2.75) is 39.6 Å². The molecule has 0 bridgehead atoms. The Bertz CT molecular complexity index is 766. The number of ether oxygens (including phenoxy) is 1. The molecule has 0 saturated carbocycles. The zero-order chi connectivity index (χ0) is 17.5. The standard InChI is InChI=1S/C20H24N4O/c1-15(2)25-14-17-7-5-16(6-8-17)10-22-12-19-13-23-24-20(19)18-4-3-9-21-11-18/h3-9,11,13,15,22H,10,12,14H2,1-2H3,(H,23,24). The van der Waals surface area contributed by atoms with Crippen molar-refractivity contribution in [2.24, 2.45) is 0 Å². The number of nitrogens with zero attached hydrogens (tertiary/aromatic N) is 2. The summed E-state index contributed by atoms with van der Waals surface area (Å²) in [6, 6.07) is 12.5. The smallest absolute Gasteiger partial charge is 0.0720 e. The molecule has 0 spiro atoms. The molecule has 0 fully saturated rings. The van der Waals surface area contributed by atoms with Gasteiger partial charge in [-0.3, -0.25) is 10.1 Å². The normalized spacial score (nSPS) is 11.2. The summed E-state index contributed by atoms with van der Waals surface area (Å²) in [5.74, 6) is 0. The summed E-state index contributed by atoms with van der Waals surface area (Å²) in [7, 11) is 0. The third-order valence-corrected chi connectivity index (χ3v) is 3.92. The van der Waals surface area contributed by atoms with Gasteiger partial charge in [0.1, 0.15) is 0 Å². The van der Waals surface area contributed by atoms with E-state index in [0.29, 0.717) is 6.61 Å². The van der Waals surface area contributed by atoms with Crippen LogP contribution in [0.5, 0.6) is 0 Å². The van der Waals surface area contributed by atoms with Crippen LogP contribution in [0.3, 0.4) is 0 Å². The Kier molecular flexibility index (Phi) is 5.93. The van der Waals surface area contributed by atoms with Crippen LogP contribution in [0, 0.1) is 0 Å². The van der Waals surface area contributed by atoms with E-state index in [9.17, 15) is 0 Å². The highest BCUT2D eigenvalue weighted by Crippen LogP contribution is 2.19. The average molecular weight is 336 g/mol. The summed E-state index contributed by atoms with van der Waals surface area (Å²) in [6.07, 6.45) is 5.73. The molecule has 0 atom stereocenters. The molecular formula is C20H24N4O. The van der Waals surface area contributed by atoms with Gasteiger partial charge in [-0.05, 0) is 37.1 Å². The molecule has 3 aromatic rings. The SMILES string of the molecule is CC(C)OCc1ccc(CNCc2cn[nH]c2-c2cccnc2)cc1. The lowest BCUT2D eigenvalue weighted by Gasteiger charge is -2.09. The lowest BCUT2D eigenvalue weighted by Crippen LogP contribution is -2.13. The van der Waals surface area contributed by atoms with Crippen molar-refractivity contribution < 1.29 is 4.74 Å². The molecule has 130 valence electrons. The Hall–Kier alpha value is -2.50. The van der Waals surface area contributed by atoms with Gasteiger partial charge in [0.25, 0.3) is 0 Å². The predicted molar refractivity (Wildman–Crippen MR) is 98.7 cm³/mol. The molecular weight excluding hydrogens is 312 g/mol. The third-order valence-electron chi connectivity index (χ3n) is 3.92. The first-order valence-corrected chi connectivity index (χ1v) is 8.55. The number of aromatic nitrogens is 3. The van der Waals surface area contributed by atoms with Gasteiger partial charge in [0.05, 0.1) is 24.6 Å². The van der Waals surface area contributed by atoms with Gasteiger partial charge in [-0.15, -0.1) is 0 Å². The van der Waals surface area contributed by atoms with Crippen LogP contribution in [0.1, 0.15) is 30.5 Å². The van der Waals surface area contributed by atoms with Crippen molar-refractivity contribution in [1.29, 1.82) is 0 Å². The van der Waals surface area contributed by atoms with Gasteiger partial charge in [0.2, 0.25) is 0 Å². The highest BCUT2D eigenvalue weighted by molar-refractivity contribution is 5.61. The Balaban J connectivity index is 1.53. The van der Waals surface area contributed by atoms with Crippen LogP contribution in [0.4, 0.5) is 0 Å². The van der Waals surface area contributed by atoms with Crippen LogP contribution in [0.2, 0.25) is 0 Å². The van der Waals surface area contributed by atoms with E-state index in [0.717, 1.165) is 29.9 Å². The molecule has 2 N–H and O–H groups in total. The van der Waals surface area contributed by atoms with Crippen LogP contribution in [-0.4, -0.2) is 21.3 Å². The number of hydrogen-bond donors (Lipinski definition) is 2. The molecule has 0 aliphatic carbocycles. The zero-order valence-corrected chi connectivity index (χ0v) is 14.7. The van der Waals surface area contributed by atoms with Gasteiger partial charge in [0.15, 0.2) is 0 Å². The second-order valence-electron chi connectivity index (χ2n) is 6.29. The van der Waals surface area contributed by atoms with Gasteiger partial charge in [-0.2, -0.15) is 5.10 Å². The minimum atomic E-state index is 0.255. The molecule has 5 heteroatoms. The van der Waals surface area contributed by atoms with Crippen molar-refractivity contribution in [3.8, 4) is 11.3 Å². The Morgan fingerprint density at radius 3 is 2.56 bits per heavy atom. The highest BCUT2D eigenvalue weighted by Gasteiger charge is 2.07. The minimum Gasteiger partial charge on any atom is -0.374 e. The first-order chi connectivity index (χ1) is 12.2. The van der Waals surface area contributed by atoms with Gasteiger partial charge >= 0.3 is 0 Å². The number of rotatable bonds is 8. The van der Waals surface area contributed by atoms with Crippen LogP contribution in [0.25, 0.3) is 11.3 Å². The topological polar surface area (TPSA) is 62.8 Å². The molecule has 3 rings (SSSR count). The number of H-pyrrole nitrogens is 1. The van der Waals surface area contributed by atoms with E-state index >= 15 is 0 Å². The van der Waals surface area contributed by atoms with Crippen LogP contribution >= 0.6 is 0 Å². The van der Waals surface area contributed by atoms with E-state index < -0.39 is 0 Å². The minimum absolute atomic E-state index is 0.255. The molecule has 1 aromatic carbocycles. The van der Waals surface area contributed by atoms with Gasteiger partial charge in [0, 0.05) is 36.6 Å². The molecule has 25 heavy (non-hydrogen) atoms. The lowest BCUT2D eigenvalue weighted by molar-refractivity contribution is 0.0657. The first-order valence-electron chi connectivity index (χ1n) is 8.55. The Morgan fingerprint density at radius 2 is 1.84 bits per heavy atom. The van der Waals surface area contributed by atoms with E-state index in [1.54, 1.807) is 6.20 Å². The number of pyridine rings is 1. The van der Waals surface area contributed by atoms with Crippen molar-refractivity contribution in [1.82, 2.24) is 20.5 Å². The molecule has 0 aliphatic rings. The van der Waals surface area contributed by atoms with Gasteiger partial charge in [-0.25, -0.2) is 0 Å². The van der Waals surface area contributed by atoms with Crippen molar-refractivity contribution in [3.05, 3.63) is 71.7 Å². The quantitative estimate of drug-likeness (QED) is 0.658. The summed E-state index contributed by atoms with van der Waals surface area (Å²) in [5.41, 5.74) is 5.65. The summed E-state index contributed by atoms with van der Waals surface area (Å²) < 4.78 is 5.62. The lowest BCUT2D eigenvalue weighted by atomic mass is 10.1. The maximum Gasteiger partial charge on any atom is 0.0720 e. The molecule has 0 saturated heterocycles. The van der Waals surface area contributed by atoms with Crippen LogP contribution in [-0.2, 0) is 24.4 Å². The summed E-state index contributed by atoms with van der Waals surface area (Å²) in [6.45, 7) is 6.32. The van der Waals surface area contributed by atoms with Crippen LogP contribution in [0.15, 0.2) is 55.0 Å². The summed E-state index contributed by atoms with van der Waals surface area (Å²) >= 11 is 0. The molecule has 0 unspecified atom stereocenters. The van der Waals surface area contributed by atoms with E-state index in [1.807, 2.05) is 38.4 Å². The molecule has 0 aliphatic heterocycles. The molecule has 0 radical (unpaired) electrons. The molecule has 2 aromatic heterocycles. The van der Waals surface area contributed by atoms with Crippen molar-refractivity contribution in [3.63, 3.8) is 0 Å². The number of hydrogen-bond acceptors (Lipinski definition) is 4. The average Bonchev–Trinajstić information content (AvgIpc) is 3.10. The second kappa shape index (κ2) is 8.55. The highest BCUT2D eigenvalue weighted by atomic mass is 16.5. The zero-order valence-electron chi connectivity index (χ0n) is 14.7.